The van der Waals surface area contributed by atoms with Crippen LogP contribution in [0.25, 0.3) is 0 Å². The van der Waals surface area contributed by atoms with Crippen LogP contribution in [0.4, 0.5) is 0 Å². The zero-order valence-electron chi connectivity index (χ0n) is 10.4. The molecule has 0 amide bonds. The lowest BCUT2D eigenvalue weighted by atomic mass is 10.3. The highest BCUT2D eigenvalue weighted by atomic mass is 32.2. The zero-order chi connectivity index (χ0) is 13.4. The van der Waals surface area contributed by atoms with Gasteiger partial charge < -0.3 is 9.84 Å². The number of benzene rings is 1. The third-order valence-electron chi connectivity index (χ3n) is 2.49. The van der Waals surface area contributed by atoms with Gasteiger partial charge in [-0.2, -0.15) is 0 Å². The molecule has 2 atom stereocenters. The summed E-state index contributed by atoms with van der Waals surface area (Å²) < 4.78 is 17.0. The molecule has 5 heteroatoms. The molecule has 0 aliphatic carbocycles. The molecule has 0 saturated carbocycles. The summed E-state index contributed by atoms with van der Waals surface area (Å²) >= 11 is 0. The van der Waals surface area contributed by atoms with Crippen LogP contribution >= 0.6 is 0 Å². The highest BCUT2D eigenvalue weighted by Crippen LogP contribution is 2.09. The number of hydrogen-bond acceptors (Lipinski definition) is 3. The van der Waals surface area contributed by atoms with Crippen molar-refractivity contribution in [3.8, 4) is 5.75 Å². The Balaban J connectivity index is 2.12. The van der Waals surface area contributed by atoms with Crippen LogP contribution in [0.2, 0.25) is 0 Å². The van der Waals surface area contributed by atoms with Gasteiger partial charge in [0.05, 0.1) is 6.61 Å². The van der Waals surface area contributed by atoms with E-state index in [2.05, 4.69) is 0 Å². The van der Waals surface area contributed by atoms with Crippen molar-refractivity contribution in [1.29, 1.82) is 0 Å². The molecule has 4 nitrogen and oxygen atoms in total. The Bertz CT molecular complexity index is 391. The van der Waals surface area contributed by atoms with Crippen LogP contribution in [-0.4, -0.2) is 32.9 Å². The number of ether oxygens (including phenoxy) is 1. The number of aliphatic carboxylic acids is 1. The molecule has 0 bridgehead atoms. The van der Waals surface area contributed by atoms with Crippen LogP contribution in [0.3, 0.4) is 0 Å². The maximum atomic E-state index is 11.5. The molecule has 0 spiro atoms. The molecule has 2 unspecified atom stereocenters. The molecule has 0 saturated heterocycles. The second kappa shape index (κ2) is 7.87. The minimum Gasteiger partial charge on any atom is -0.494 e. The van der Waals surface area contributed by atoms with Crippen molar-refractivity contribution in [1.82, 2.24) is 0 Å². The molecule has 0 aliphatic heterocycles. The van der Waals surface area contributed by atoms with E-state index >= 15 is 0 Å². The Morgan fingerprint density at radius 3 is 2.61 bits per heavy atom. The first kappa shape index (κ1) is 14.7. The van der Waals surface area contributed by atoms with E-state index < -0.39 is 22.0 Å². The van der Waals surface area contributed by atoms with Gasteiger partial charge in [-0.1, -0.05) is 18.2 Å². The lowest BCUT2D eigenvalue weighted by Crippen LogP contribution is -2.23. The van der Waals surface area contributed by atoms with Gasteiger partial charge in [-0.25, -0.2) is 0 Å². The maximum Gasteiger partial charge on any atom is 0.318 e. The number of carboxylic acid groups (broad SMARTS) is 1. The molecule has 0 aromatic heterocycles. The maximum absolute atomic E-state index is 11.5. The summed E-state index contributed by atoms with van der Waals surface area (Å²) in [7, 11) is -1.30. The Kier molecular flexibility index (Phi) is 6.43. The van der Waals surface area contributed by atoms with Crippen molar-refractivity contribution in [3.63, 3.8) is 0 Å². The molecule has 1 rings (SSSR count). The summed E-state index contributed by atoms with van der Waals surface area (Å²) in [5.41, 5.74) is 0. The highest BCUT2D eigenvalue weighted by Gasteiger charge is 2.17. The molecular weight excluding hydrogens is 252 g/mol. The van der Waals surface area contributed by atoms with Crippen LogP contribution in [0.1, 0.15) is 19.8 Å². The van der Waals surface area contributed by atoms with Gasteiger partial charge in [0.15, 0.2) is 0 Å². The first-order valence-corrected chi connectivity index (χ1v) is 7.27. The van der Waals surface area contributed by atoms with Gasteiger partial charge in [-0.15, -0.1) is 0 Å². The summed E-state index contributed by atoms with van der Waals surface area (Å²) in [4.78, 5) is 10.6. The third-order valence-corrected chi connectivity index (χ3v) is 4.18. The van der Waals surface area contributed by atoms with Gasteiger partial charge in [-0.05, 0) is 31.9 Å². The minimum absolute atomic E-state index is 0.408. The summed E-state index contributed by atoms with van der Waals surface area (Å²) in [6.45, 7) is 2.03. The Labute approximate surface area is 109 Å². The van der Waals surface area contributed by atoms with Crippen molar-refractivity contribution in [2.24, 2.45) is 0 Å². The molecule has 1 aromatic carbocycles. The molecule has 0 fully saturated rings. The van der Waals surface area contributed by atoms with Gasteiger partial charge >= 0.3 is 5.97 Å². The van der Waals surface area contributed by atoms with E-state index in [0.29, 0.717) is 18.8 Å². The fraction of sp³-hybridized carbons (Fsp3) is 0.462. The fourth-order valence-electron chi connectivity index (χ4n) is 1.34. The second-order valence-electron chi connectivity index (χ2n) is 3.93. The molecule has 0 aliphatic rings. The fourth-order valence-corrected chi connectivity index (χ4v) is 2.41. The molecule has 0 heterocycles. The van der Waals surface area contributed by atoms with E-state index in [9.17, 15) is 9.00 Å². The van der Waals surface area contributed by atoms with Gasteiger partial charge in [0.1, 0.15) is 11.0 Å². The van der Waals surface area contributed by atoms with Crippen LogP contribution in [0.5, 0.6) is 5.75 Å². The predicted molar refractivity (Wildman–Crippen MR) is 71.3 cm³/mol. The van der Waals surface area contributed by atoms with Gasteiger partial charge in [0.2, 0.25) is 0 Å². The lowest BCUT2D eigenvalue weighted by Gasteiger charge is -2.07. The van der Waals surface area contributed by atoms with E-state index in [1.165, 1.54) is 6.92 Å². The number of hydrogen-bond donors (Lipinski definition) is 1. The van der Waals surface area contributed by atoms with Gasteiger partial charge in [0, 0.05) is 16.6 Å². The lowest BCUT2D eigenvalue weighted by molar-refractivity contribution is -0.136. The Hall–Kier alpha value is -1.36. The van der Waals surface area contributed by atoms with Crippen molar-refractivity contribution in [3.05, 3.63) is 30.3 Å². The molecule has 18 heavy (non-hydrogen) atoms. The molecule has 100 valence electrons. The SMILES string of the molecule is CC(C(=O)O)S(=O)CCCCOc1ccccc1. The van der Waals surface area contributed by atoms with E-state index in [1.807, 2.05) is 30.3 Å². The average molecular weight is 270 g/mol. The average Bonchev–Trinajstić information content (AvgIpc) is 2.38. The standard InChI is InChI=1S/C13H18O4S/c1-11(13(14)15)18(16)10-6-5-9-17-12-7-3-2-4-8-12/h2-4,7-8,11H,5-6,9-10H2,1H3,(H,14,15). The van der Waals surface area contributed by atoms with Crippen molar-refractivity contribution >= 4 is 16.8 Å². The van der Waals surface area contributed by atoms with Crippen LogP contribution < -0.4 is 4.74 Å². The predicted octanol–water partition coefficient (Wildman–Crippen LogP) is 2.07. The quantitative estimate of drug-likeness (QED) is 0.734. The topological polar surface area (TPSA) is 63.6 Å². The summed E-state index contributed by atoms with van der Waals surface area (Å²) in [5, 5.41) is 7.89. The first-order valence-electron chi connectivity index (χ1n) is 5.89. The Morgan fingerprint density at radius 1 is 1.33 bits per heavy atom. The van der Waals surface area contributed by atoms with Crippen molar-refractivity contribution < 1.29 is 18.8 Å². The third kappa shape index (κ3) is 5.31. The number of para-hydroxylation sites is 1. The van der Waals surface area contributed by atoms with Gasteiger partial charge in [-0.3, -0.25) is 9.00 Å². The highest BCUT2D eigenvalue weighted by molar-refractivity contribution is 7.86. The molecule has 1 aromatic rings. The summed E-state index contributed by atoms with van der Waals surface area (Å²) in [5.74, 6) is 0.220. The normalized spacial score (nSPS) is 13.8. The smallest absolute Gasteiger partial charge is 0.318 e. The number of carbonyl (C=O) groups is 1. The largest absolute Gasteiger partial charge is 0.494 e. The van der Waals surface area contributed by atoms with E-state index in [1.54, 1.807) is 0 Å². The Morgan fingerprint density at radius 2 is 2.00 bits per heavy atom. The number of carboxylic acids is 1. The number of rotatable bonds is 8. The van der Waals surface area contributed by atoms with Crippen molar-refractivity contribution in [2.75, 3.05) is 12.4 Å². The van der Waals surface area contributed by atoms with E-state index in [0.717, 1.165) is 12.2 Å². The van der Waals surface area contributed by atoms with Gasteiger partial charge in [0.25, 0.3) is 0 Å². The summed E-state index contributed by atoms with van der Waals surface area (Å²) in [6.07, 6.45) is 1.48. The molecule has 0 radical (unpaired) electrons. The second-order valence-corrected chi connectivity index (χ2v) is 5.81. The zero-order valence-corrected chi connectivity index (χ0v) is 11.2. The first-order chi connectivity index (χ1) is 8.61. The molecule has 1 N–H and O–H groups in total. The summed E-state index contributed by atoms with van der Waals surface area (Å²) in [6, 6.07) is 9.48. The van der Waals surface area contributed by atoms with Crippen LogP contribution in [-0.2, 0) is 15.6 Å². The minimum atomic E-state index is -1.30. The van der Waals surface area contributed by atoms with Crippen LogP contribution in [0.15, 0.2) is 30.3 Å². The van der Waals surface area contributed by atoms with E-state index in [4.69, 9.17) is 9.84 Å². The van der Waals surface area contributed by atoms with Crippen LogP contribution in [0, 0.1) is 0 Å². The van der Waals surface area contributed by atoms with Crippen molar-refractivity contribution in [2.45, 2.75) is 25.0 Å². The van der Waals surface area contributed by atoms with E-state index in [-0.39, 0.29) is 0 Å². The monoisotopic (exact) mass is 270 g/mol. The molecular formula is C13H18O4S. The number of unbranched alkanes of at least 4 members (excludes halogenated alkanes) is 1.